The lowest BCUT2D eigenvalue weighted by atomic mass is 10.1. The third-order valence-corrected chi connectivity index (χ3v) is 3.99. The van der Waals surface area contributed by atoms with Gasteiger partial charge in [-0.1, -0.05) is 0 Å². The van der Waals surface area contributed by atoms with E-state index in [1.54, 1.807) is 37.3 Å². The van der Waals surface area contributed by atoms with Crippen LogP contribution in [0.3, 0.4) is 0 Å². The van der Waals surface area contributed by atoms with E-state index in [1.807, 2.05) is 42.5 Å². The maximum atomic E-state index is 5.38. The summed E-state index contributed by atoms with van der Waals surface area (Å²) in [6.45, 7) is 0. The number of aromatic nitrogens is 4. The fourth-order valence-corrected chi connectivity index (χ4v) is 2.69. The van der Waals surface area contributed by atoms with Gasteiger partial charge in [-0.15, -0.1) is 0 Å². The summed E-state index contributed by atoms with van der Waals surface area (Å²) in [6, 6.07) is 13.3. The molecule has 0 unspecified atom stereocenters. The van der Waals surface area contributed by atoms with E-state index in [1.165, 1.54) is 0 Å². The average molecular weight is 347 g/mol. The number of hydrogen-bond acceptors (Lipinski definition) is 6. The smallest absolute Gasteiger partial charge is 0.161 e. The first-order chi connectivity index (χ1) is 12.8. The van der Waals surface area contributed by atoms with Gasteiger partial charge in [0.05, 0.1) is 26.1 Å². The van der Waals surface area contributed by atoms with Gasteiger partial charge in [-0.3, -0.25) is 4.98 Å². The molecule has 1 aromatic carbocycles. The van der Waals surface area contributed by atoms with E-state index < -0.39 is 0 Å². The average Bonchev–Trinajstić information content (AvgIpc) is 3.10. The number of pyridine rings is 1. The monoisotopic (exact) mass is 347 g/mol. The molecule has 0 atom stereocenters. The van der Waals surface area contributed by atoms with Gasteiger partial charge in [-0.2, -0.15) is 9.61 Å². The highest BCUT2D eigenvalue weighted by Crippen LogP contribution is 2.31. The van der Waals surface area contributed by atoms with Crippen molar-refractivity contribution in [3.05, 3.63) is 61.1 Å². The van der Waals surface area contributed by atoms with Crippen LogP contribution in [0, 0.1) is 0 Å². The normalized spacial score (nSPS) is 10.7. The van der Waals surface area contributed by atoms with Crippen LogP contribution in [0.5, 0.6) is 11.5 Å². The molecule has 0 bridgehead atoms. The SMILES string of the molecule is COc1ccc(-c2ccc3ncc(Nc4ccncc4)n3n2)cc1OC. The minimum atomic E-state index is 0.660. The molecule has 0 radical (unpaired) electrons. The molecular formula is C19H17N5O2. The molecule has 0 aliphatic rings. The van der Waals surface area contributed by atoms with Crippen molar-refractivity contribution < 1.29 is 9.47 Å². The second-order valence-corrected chi connectivity index (χ2v) is 5.56. The second kappa shape index (κ2) is 6.72. The van der Waals surface area contributed by atoms with Crippen LogP contribution in [0.25, 0.3) is 16.9 Å². The summed E-state index contributed by atoms with van der Waals surface area (Å²) in [4.78, 5) is 8.41. The van der Waals surface area contributed by atoms with Crippen LogP contribution < -0.4 is 14.8 Å². The first kappa shape index (κ1) is 15.9. The zero-order valence-electron chi connectivity index (χ0n) is 14.4. The largest absolute Gasteiger partial charge is 0.493 e. The number of nitrogens with zero attached hydrogens (tertiary/aromatic N) is 4. The number of fused-ring (bicyclic) bond motifs is 1. The minimum Gasteiger partial charge on any atom is -0.493 e. The zero-order chi connectivity index (χ0) is 17.9. The highest BCUT2D eigenvalue weighted by molar-refractivity contribution is 5.66. The van der Waals surface area contributed by atoms with Gasteiger partial charge in [0.15, 0.2) is 23.0 Å². The zero-order valence-corrected chi connectivity index (χ0v) is 14.4. The Bertz CT molecular complexity index is 1050. The molecule has 130 valence electrons. The van der Waals surface area contributed by atoms with Gasteiger partial charge < -0.3 is 14.8 Å². The van der Waals surface area contributed by atoms with E-state index in [4.69, 9.17) is 14.6 Å². The van der Waals surface area contributed by atoms with Crippen LogP contribution >= 0.6 is 0 Å². The van der Waals surface area contributed by atoms with E-state index in [-0.39, 0.29) is 0 Å². The fraction of sp³-hybridized carbons (Fsp3) is 0.105. The van der Waals surface area contributed by atoms with Crippen LogP contribution in [0.2, 0.25) is 0 Å². The van der Waals surface area contributed by atoms with Gasteiger partial charge >= 0.3 is 0 Å². The lowest BCUT2D eigenvalue weighted by molar-refractivity contribution is 0.355. The van der Waals surface area contributed by atoms with Crippen molar-refractivity contribution in [2.24, 2.45) is 0 Å². The lowest BCUT2D eigenvalue weighted by Gasteiger charge is -2.10. The molecule has 3 heterocycles. The number of ether oxygens (including phenoxy) is 2. The highest BCUT2D eigenvalue weighted by atomic mass is 16.5. The predicted octanol–water partition coefficient (Wildman–Crippen LogP) is 3.55. The molecule has 7 nitrogen and oxygen atoms in total. The highest BCUT2D eigenvalue weighted by Gasteiger charge is 2.10. The Kier molecular flexibility index (Phi) is 4.10. The third-order valence-electron chi connectivity index (χ3n) is 3.99. The molecule has 0 saturated heterocycles. The number of benzene rings is 1. The van der Waals surface area contributed by atoms with Crippen LogP contribution in [0.1, 0.15) is 0 Å². The van der Waals surface area contributed by atoms with Crippen molar-refractivity contribution in [2.45, 2.75) is 0 Å². The molecule has 26 heavy (non-hydrogen) atoms. The van der Waals surface area contributed by atoms with Gasteiger partial charge in [0.25, 0.3) is 0 Å². The standard InChI is InChI=1S/C19H17N5O2/c1-25-16-5-3-13(11-17(16)26-2)15-4-6-18-21-12-19(24(18)23-15)22-14-7-9-20-10-8-14/h3-12H,1-2H3,(H,20,22). The molecule has 3 aromatic heterocycles. The quantitative estimate of drug-likeness (QED) is 0.595. The molecule has 0 saturated carbocycles. The summed E-state index contributed by atoms with van der Waals surface area (Å²) in [5.41, 5.74) is 3.40. The first-order valence-corrected chi connectivity index (χ1v) is 8.03. The number of hydrogen-bond donors (Lipinski definition) is 1. The van der Waals surface area contributed by atoms with Gasteiger partial charge in [0.1, 0.15) is 0 Å². The molecule has 0 aliphatic heterocycles. The Balaban J connectivity index is 1.74. The minimum absolute atomic E-state index is 0.660. The van der Waals surface area contributed by atoms with Crippen molar-refractivity contribution in [3.8, 4) is 22.8 Å². The third kappa shape index (κ3) is 2.90. The Hall–Kier alpha value is -3.61. The maximum Gasteiger partial charge on any atom is 0.161 e. The van der Waals surface area contributed by atoms with E-state index in [9.17, 15) is 0 Å². The fourth-order valence-electron chi connectivity index (χ4n) is 2.69. The molecule has 0 amide bonds. The second-order valence-electron chi connectivity index (χ2n) is 5.56. The molecule has 7 heteroatoms. The molecule has 0 fully saturated rings. The van der Waals surface area contributed by atoms with Crippen LogP contribution in [-0.2, 0) is 0 Å². The van der Waals surface area contributed by atoms with Crippen molar-refractivity contribution in [1.29, 1.82) is 0 Å². The van der Waals surface area contributed by atoms with Crippen molar-refractivity contribution in [1.82, 2.24) is 19.6 Å². The van der Waals surface area contributed by atoms with Crippen LogP contribution in [0.4, 0.5) is 11.5 Å². The van der Waals surface area contributed by atoms with Crippen LogP contribution in [-0.4, -0.2) is 33.8 Å². The Morgan fingerprint density at radius 3 is 2.50 bits per heavy atom. The van der Waals surface area contributed by atoms with E-state index in [0.29, 0.717) is 11.5 Å². The number of methoxy groups -OCH3 is 2. The Morgan fingerprint density at radius 2 is 1.73 bits per heavy atom. The molecule has 4 rings (SSSR count). The van der Waals surface area contributed by atoms with Crippen LogP contribution in [0.15, 0.2) is 61.1 Å². The Morgan fingerprint density at radius 1 is 0.923 bits per heavy atom. The first-order valence-electron chi connectivity index (χ1n) is 8.03. The van der Waals surface area contributed by atoms with Crippen molar-refractivity contribution >= 4 is 17.2 Å². The van der Waals surface area contributed by atoms with E-state index >= 15 is 0 Å². The van der Waals surface area contributed by atoms with Gasteiger partial charge in [0.2, 0.25) is 0 Å². The summed E-state index contributed by atoms with van der Waals surface area (Å²) in [7, 11) is 3.23. The number of rotatable bonds is 5. The maximum absolute atomic E-state index is 5.38. The molecule has 0 spiro atoms. The summed E-state index contributed by atoms with van der Waals surface area (Å²) in [6.07, 6.45) is 5.21. The lowest BCUT2D eigenvalue weighted by Crippen LogP contribution is -2.00. The number of nitrogens with one attached hydrogen (secondary N) is 1. The predicted molar refractivity (Wildman–Crippen MR) is 99.0 cm³/mol. The summed E-state index contributed by atoms with van der Waals surface area (Å²) in [5, 5.41) is 8.01. The van der Waals surface area contributed by atoms with E-state index in [2.05, 4.69) is 15.3 Å². The van der Waals surface area contributed by atoms with Crippen molar-refractivity contribution in [2.75, 3.05) is 19.5 Å². The van der Waals surface area contributed by atoms with Crippen molar-refractivity contribution in [3.63, 3.8) is 0 Å². The molecule has 4 aromatic rings. The topological polar surface area (TPSA) is 73.6 Å². The van der Waals surface area contributed by atoms with E-state index in [0.717, 1.165) is 28.4 Å². The molecule has 1 N–H and O–H groups in total. The summed E-state index contributed by atoms with van der Waals surface area (Å²) < 4.78 is 12.4. The Labute approximate surface area is 150 Å². The number of anilines is 2. The van der Waals surface area contributed by atoms with Gasteiger partial charge in [-0.05, 0) is 42.5 Å². The molecule has 0 aliphatic carbocycles. The van der Waals surface area contributed by atoms with Gasteiger partial charge in [0, 0.05) is 23.6 Å². The summed E-state index contributed by atoms with van der Waals surface area (Å²) in [5.74, 6) is 2.11. The molecular weight excluding hydrogens is 330 g/mol. The van der Waals surface area contributed by atoms with Gasteiger partial charge in [-0.25, -0.2) is 4.98 Å². The number of imidazole rings is 1. The summed E-state index contributed by atoms with van der Waals surface area (Å²) >= 11 is 0.